The molecule has 3 N–H and O–H groups in total. The van der Waals surface area contributed by atoms with Crippen molar-refractivity contribution in [1.29, 1.82) is 0 Å². The van der Waals surface area contributed by atoms with Gasteiger partial charge in [0.05, 0.1) is 46.1 Å². The first kappa shape index (κ1) is 51.3. The predicted molar refractivity (Wildman–Crippen MR) is 264 cm³/mol. The van der Waals surface area contributed by atoms with Crippen molar-refractivity contribution >= 4 is 59.6 Å². The second-order valence-electron chi connectivity index (χ2n) is 19.1. The average molecular weight is 1020 g/mol. The Morgan fingerprint density at radius 1 is 1.01 bits per heavy atom. The summed E-state index contributed by atoms with van der Waals surface area (Å²) in [6.07, 6.45) is 3.04. The van der Waals surface area contributed by atoms with Gasteiger partial charge in [-0.05, 0) is 110 Å². The summed E-state index contributed by atoms with van der Waals surface area (Å²) in [5, 5.41) is 15.9. The number of morpholine rings is 1. The molecule has 2 aliphatic heterocycles. The number of halogens is 3. The molecule has 3 aliphatic rings. The number of aromatic nitrogens is 2. The summed E-state index contributed by atoms with van der Waals surface area (Å²) in [6.45, 7) is 10.3. The average Bonchev–Trinajstić information content (AvgIpc) is 3.79. The summed E-state index contributed by atoms with van der Waals surface area (Å²) in [5.74, 6) is -0.729. The van der Waals surface area contributed by atoms with Crippen LogP contribution in [-0.4, -0.2) is 118 Å². The molecule has 22 heteroatoms. The molecule has 1 unspecified atom stereocenters. The van der Waals surface area contributed by atoms with Gasteiger partial charge in [0.1, 0.15) is 22.8 Å². The highest BCUT2D eigenvalue weighted by Gasteiger charge is 2.34. The van der Waals surface area contributed by atoms with Gasteiger partial charge in [0.2, 0.25) is 10.0 Å². The topological polar surface area (TPSA) is 209 Å². The number of piperazine rings is 1. The number of allylic oxidation sites excluding steroid dienone is 1. The number of pyridine rings is 1. The highest BCUT2D eigenvalue weighted by molar-refractivity contribution is 7.90. The molecule has 8 rings (SSSR count). The van der Waals surface area contributed by atoms with Crippen LogP contribution in [0.15, 0.2) is 89.6 Å². The van der Waals surface area contributed by atoms with Crippen LogP contribution in [0.1, 0.15) is 73.0 Å². The third-order valence-corrected chi connectivity index (χ3v) is 15.9. The zero-order valence-electron chi connectivity index (χ0n) is 39.8. The fraction of sp³-hybridized carbons (Fsp3) is 0.429. The van der Waals surface area contributed by atoms with Gasteiger partial charge in [-0.1, -0.05) is 25.5 Å². The number of nitro benzene ring substituents is 1. The Morgan fingerprint density at radius 3 is 2.51 bits per heavy atom. The lowest BCUT2D eigenvalue weighted by molar-refractivity contribution is -0.384. The van der Waals surface area contributed by atoms with Crippen LogP contribution < -0.4 is 19.7 Å². The number of amides is 1. The largest absolute Gasteiger partial charge is 0.455 e. The van der Waals surface area contributed by atoms with Crippen LogP contribution in [0.25, 0.3) is 16.6 Å². The van der Waals surface area contributed by atoms with Crippen molar-refractivity contribution in [2.75, 3.05) is 75.4 Å². The van der Waals surface area contributed by atoms with E-state index in [4.69, 9.17) is 9.47 Å². The quantitative estimate of drug-likeness (QED) is 0.0483. The molecule has 2 aromatic heterocycles. The molecule has 1 atom stereocenters. The van der Waals surface area contributed by atoms with E-state index < -0.39 is 53.2 Å². The lowest BCUT2D eigenvalue weighted by atomic mass is 9.72. The standard InChI is InChI=1S/C49H57F3N8O9S2/c1-32-24-35(49(50,51)52)7-10-40(32)42-28-48(2,3)15-13-34(42)30-57-18-20-58(21-19-57)36-8-11-41(45(26-36)69-38-25-33-14-17-54-46(33)55-29-38)47(61)56-71(66,67)39-9-12-43(44(27-39)60(62)63)53-16-5-6-37-31-59(22-23-68-37)70(4,64)65/h7-12,14,17,24-27,29,37,53H,5-6,13,15-16,18-23,28,30-31H2,1-4H3,(H,54,55)(H,56,61). The number of alkyl halides is 3. The van der Waals surface area contributed by atoms with Crippen LogP contribution in [-0.2, 0) is 31.0 Å². The van der Waals surface area contributed by atoms with Crippen LogP contribution in [0.4, 0.5) is 30.2 Å². The Hall–Kier alpha value is -6.07. The number of carbonyl (C=O) groups is 1. The maximum Gasteiger partial charge on any atom is 0.416 e. The molecule has 5 aromatic rings. The fourth-order valence-corrected chi connectivity index (χ4v) is 11.3. The lowest BCUT2D eigenvalue weighted by Crippen LogP contribution is -2.47. The summed E-state index contributed by atoms with van der Waals surface area (Å²) in [7, 11) is -8.05. The van der Waals surface area contributed by atoms with E-state index in [1.165, 1.54) is 40.3 Å². The van der Waals surface area contributed by atoms with E-state index in [1.807, 2.05) is 0 Å². The van der Waals surface area contributed by atoms with Gasteiger partial charge < -0.3 is 24.7 Å². The SMILES string of the molecule is Cc1cc(C(F)(F)F)ccc1C1=C(CN2CCN(c3ccc(C(=O)NS(=O)(=O)c4ccc(NCCCC5CN(S(C)(=O)=O)CCO5)c([N+](=O)[O-])c4)c(Oc4cnc5[nH]ccc5c4)c3)CC2)CCC(C)(C)C1. The van der Waals surface area contributed by atoms with E-state index in [9.17, 15) is 44.9 Å². The van der Waals surface area contributed by atoms with Gasteiger partial charge in [0.15, 0.2) is 0 Å². The summed E-state index contributed by atoms with van der Waals surface area (Å²) in [6, 6.07) is 15.6. The minimum absolute atomic E-state index is 0.00379. The summed E-state index contributed by atoms with van der Waals surface area (Å²) in [5.41, 5.74) is 3.81. The number of aryl methyl sites for hydroxylation is 1. The monoisotopic (exact) mass is 1020 g/mol. The van der Waals surface area contributed by atoms with E-state index >= 15 is 0 Å². The van der Waals surface area contributed by atoms with Gasteiger partial charge in [0, 0.05) is 81.8 Å². The van der Waals surface area contributed by atoms with E-state index in [1.54, 1.807) is 43.5 Å². The Bertz CT molecular complexity index is 3080. The molecule has 0 saturated carbocycles. The Labute approximate surface area is 410 Å². The number of benzene rings is 3. The highest BCUT2D eigenvalue weighted by atomic mass is 32.2. The molecule has 380 valence electrons. The van der Waals surface area contributed by atoms with Crippen LogP contribution >= 0.6 is 0 Å². The number of nitrogens with one attached hydrogen (secondary N) is 3. The Balaban J connectivity index is 0.968. The number of hydrogen-bond acceptors (Lipinski definition) is 13. The molecule has 1 amide bonds. The second-order valence-corrected chi connectivity index (χ2v) is 22.8. The van der Waals surface area contributed by atoms with Crippen LogP contribution in [0.5, 0.6) is 11.5 Å². The molecule has 71 heavy (non-hydrogen) atoms. The number of aromatic amines is 1. The first-order valence-corrected chi connectivity index (χ1v) is 26.6. The van der Waals surface area contributed by atoms with Crippen molar-refractivity contribution < 1.29 is 49.2 Å². The normalized spacial score (nSPS) is 18.4. The number of rotatable bonds is 16. The summed E-state index contributed by atoms with van der Waals surface area (Å²) < 4.78 is 108. The van der Waals surface area contributed by atoms with Crippen molar-refractivity contribution in [1.82, 2.24) is 23.9 Å². The number of sulfonamides is 2. The molecule has 0 bridgehead atoms. The van der Waals surface area contributed by atoms with Crippen molar-refractivity contribution in [2.24, 2.45) is 5.41 Å². The minimum Gasteiger partial charge on any atom is -0.455 e. The number of hydrogen-bond donors (Lipinski definition) is 3. The minimum atomic E-state index is -4.67. The first-order valence-electron chi connectivity index (χ1n) is 23.3. The number of carbonyl (C=O) groups excluding carboxylic acids is 1. The van der Waals surface area contributed by atoms with Crippen molar-refractivity contribution in [3.63, 3.8) is 0 Å². The number of H-pyrrole nitrogens is 1. The first-order chi connectivity index (χ1) is 33.5. The molecule has 2 fully saturated rings. The molecule has 2 saturated heterocycles. The summed E-state index contributed by atoms with van der Waals surface area (Å²) >= 11 is 0. The Morgan fingerprint density at radius 2 is 1.79 bits per heavy atom. The fourth-order valence-electron chi connectivity index (χ4n) is 9.42. The lowest BCUT2D eigenvalue weighted by Gasteiger charge is -2.39. The van der Waals surface area contributed by atoms with Crippen molar-refractivity contribution in [3.8, 4) is 11.5 Å². The molecular weight excluding hydrogens is 966 g/mol. The second kappa shape index (κ2) is 20.6. The van der Waals surface area contributed by atoms with Gasteiger partial charge in [-0.15, -0.1) is 0 Å². The van der Waals surface area contributed by atoms with Crippen LogP contribution in [0, 0.1) is 22.5 Å². The number of fused-ring (bicyclic) bond motifs is 1. The number of anilines is 2. The van der Waals surface area contributed by atoms with Gasteiger partial charge in [-0.2, -0.15) is 17.5 Å². The van der Waals surface area contributed by atoms with Gasteiger partial charge in [0.25, 0.3) is 21.6 Å². The van der Waals surface area contributed by atoms with E-state index in [0.29, 0.717) is 62.5 Å². The van der Waals surface area contributed by atoms with E-state index in [2.05, 4.69) is 43.7 Å². The number of nitrogens with zero attached hydrogens (tertiary/aromatic N) is 5. The van der Waals surface area contributed by atoms with Crippen molar-refractivity contribution in [3.05, 3.63) is 117 Å². The van der Waals surface area contributed by atoms with Gasteiger partial charge in [-0.25, -0.2) is 26.5 Å². The zero-order chi connectivity index (χ0) is 50.9. The molecule has 17 nitrogen and oxygen atoms in total. The van der Waals surface area contributed by atoms with Crippen molar-refractivity contribution in [2.45, 2.75) is 70.1 Å². The van der Waals surface area contributed by atoms with E-state index in [-0.39, 0.29) is 60.5 Å². The van der Waals surface area contributed by atoms with Gasteiger partial charge >= 0.3 is 6.18 Å². The smallest absolute Gasteiger partial charge is 0.416 e. The number of ether oxygens (including phenoxy) is 2. The van der Waals surface area contributed by atoms with Crippen LogP contribution in [0.3, 0.4) is 0 Å². The third-order valence-electron chi connectivity index (χ3n) is 13.3. The zero-order valence-corrected chi connectivity index (χ0v) is 41.5. The molecule has 1 aliphatic carbocycles. The van der Waals surface area contributed by atoms with Gasteiger partial charge in [-0.3, -0.25) is 19.8 Å². The van der Waals surface area contributed by atoms with Crippen LogP contribution in [0.2, 0.25) is 0 Å². The molecule has 0 radical (unpaired) electrons. The third kappa shape index (κ3) is 12.3. The summed E-state index contributed by atoms with van der Waals surface area (Å²) in [4.78, 5) is 36.8. The van der Waals surface area contributed by atoms with E-state index in [0.717, 1.165) is 54.2 Å². The Kier molecular flexibility index (Phi) is 14.9. The molecule has 0 spiro atoms. The highest BCUT2D eigenvalue weighted by Crippen LogP contribution is 2.45. The molecular formula is C49H57F3N8O9S2. The maximum absolute atomic E-state index is 14.0. The molecule has 4 heterocycles. The number of nitro groups is 1. The maximum atomic E-state index is 14.0. The molecule has 3 aromatic carbocycles. The predicted octanol–water partition coefficient (Wildman–Crippen LogP) is 8.35.